The maximum atomic E-state index is 14.6. The molecule has 0 aromatic rings. The normalized spacial score (nSPS) is 21.3. The molecule has 0 aromatic carbocycles. The van der Waals surface area contributed by atoms with Crippen molar-refractivity contribution in [3.05, 3.63) is 0 Å². The van der Waals surface area contributed by atoms with Gasteiger partial charge in [-0.3, -0.25) is 9.59 Å². The predicted molar refractivity (Wildman–Crippen MR) is 103 cm³/mol. The number of halogens is 17. The van der Waals surface area contributed by atoms with E-state index in [4.69, 9.17) is 0 Å². The van der Waals surface area contributed by atoms with Gasteiger partial charge in [0, 0.05) is 6.42 Å². The molecule has 0 aliphatic heterocycles. The second kappa shape index (κ2) is 11.0. The van der Waals surface area contributed by atoms with Gasteiger partial charge in [0.15, 0.2) is 5.41 Å². The first-order chi connectivity index (χ1) is 18.4. The van der Waals surface area contributed by atoms with Gasteiger partial charge in [0.25, 0.3) is 0 Å². The number of ether oxygens (including phenoxy) is 2. The monoisotopic (exact) mass is 660 g/mol. The van der Waals surface area contributed by atoms with E-state index in [-0.39, 0.29) is 0 Å². The van der Waals surface area contributed by atoms with Gasteiger partial charge in [-0.1, -0.05) is 6.92 Å². The number of hydrogen-bond donors (Lipinski definition) is 0. The van der Waals surface area contributed by atoms with Crippen LogP contribution in [0.5, 0.6) is 0 Å². The zero-order valence-electron chi connectivity index (χ0n) is 21.2. The number of carbonyl (C=O) groups is 2. The smallest absolute Gasteiger partial charge is 0.460 e. The Balaban J connectivity index is 3.57. The van der Waals surface area contributed by atoms with Crippen LogP contribution in [0, 0.1) is 17.3 Å². The van der Waals surface area contributed by atoms with Crippen molar-refractivity contribution in [3.63, 3.8) is 0 Å². The topological polar surface area (TPSA) is 52.6 Å². The summed E-state index contributed by atoms with van der Waals surface area (Å²) in [6, 6.07) is 0. The second-order valence-electron chi connectivity index (χ2n) is 9.52. The molecule has 21 heteroatoms. The van der Waals surface area contributed by atoms with Crippen LogP contribution in [0.15, 0.2) is 0 Å². The molecule has 42 heavy (non-hydrogen) atoms. The predicted octanol–water partition coefficient (Wildman–Crippen LogP) is 7.54. The molecule has 1 rings (SSSR count). The third kappa shape index (κ3) is 5.34. The van der Waals surface area contributed by atoms with Gasteiger partial charge in [-0.05, 0) is 38.5 Å². The Hall–Kier alpha value is -2.25. The minimum atomic E-state index is -8.72. The lowest BCUT2D eigenvalue weighted by Crippen LogP contribution is -2.74. The number of rotatable bonds is 12. The third-order valence-electron chi connectivity index (χ3n) is 6.72. The Morgan fingerprint density at radius 3 is 1.26 bits per heavy atom. The molecule has 0 amide bonds. The summed E-state index contributed by atoms with van der Waals surface area (Å²) in [5, 5.41) is 0. The molecule has 248 valence electrons. The van der Waals surface area contributed by atoms with Crippen molar-refractivity contribution >= 4 is 11.9 Å². The number of esters is 2. The molecule has 0 heterocycles. The standard InChI is InChI=1S/C21H21F17O4/c1-4-41-11(39)13(12(40)42-5-2)6-9(3)10(7-13)8-14(22,23)15(24,25)16(26,27)17(28,29)18(30,31)19(32,33)20(34,35)21(36,37)38/h9-10H,4-8H2,1-3H3/t9-,10-/m0/s1. The minimum absolute atomic E-state index is 0.444. The third-order valence-corrected chi connectivity index (χ3v) is 6.72. The van der Waals surface area contributed by atoms with E-state index in [2.05, 4.69) is 9.47 Å². The molecular weight excluding hydrogens is 639 g/mol. The van der Waals surface area contributed by atoms with Crippen LogP contribution in [0.3, 0.4) is 0 Å². The first-order valence-corrected chi connectivity index (χ1v) is 11.5. The lowest BCUT2D eigenvalue weighted by molar-refractivity contribution is -0.462. The van der Waals surface area contributed by atoms with Crippen LogP contribution in [0.4, 0.5) is 74.6 Å². The van der Waals surface area contributed by atoms with E-state index in [1.54, 1.807) is 0 Å². The average molecular weight is 660 g/mol. The van der Waals surface area contributed by atoms with Gasteiger partial charge in [-0.15, -0.1) is 0 Å². The molecule has 1 fully saturated rings. The fraction of sp³-hybridized carbons (Fsp3) is 0.905. The molecule has 1 aliphatic carbocycles. The minimum Gasteiger partial charge on any atom is -0.465 e. The average Bonchev–Trinajstić information content (AvgIpc) is 3.14. The molecule has 1 aliphatic rings. The summed E-state index contributed by atoms with van der Waals surface area (Å²) in [4.78, 5) is 24.8. The molecular formula is C21H21F17O4. The number of alkyl halides is 17. The van der Waals surface area contributed by atoms with Crippen molar-refractivity contribution in [1.29, 1.82) is 0 Å². The van der Waals surface area contributed by atoms with Gasteiger partial charge in [0.1, 0.15) is 0 Å². The lowest BCUT2D eigenvalue weighted by Gasteiger charge is -2.43. The Bertz CT molecular complexity index is 987. The van der Waals surface area contributed by atoms with E-state index in [9.17, 15) is 84.2 Å². The van der Waals surface area contributed by atoms with Crippen molar-refractivity contribution in [2.24, 2.45) is 17.3 Å². The highest BCUT2D eigenvalue weighted by Gasteiger charge is 2.95. The van der Waals surface area contributed by atoms with Gasteiger partial charge in [0.2, 0.25) is 0 Å². The molecule has 1 saturated carbocycles. The van der Waals surface area contributed by atoms with Crippen molar-refractivity contribution in [1.82, 2.24) is 0 Å². The zero-order valence-corrected chi connectivity index (χ0v) is 21.2. The molecule has 0 saturated heterocycles. The summed E-state index contributed by atoms with van der Waals surface area (Å²) in [5.41, 5.74) is -2.52. The fourth-order valence-electron chi connectivity index (χ4n) is 4.33. The highest BCUT2D eigenvalue weighted by atomic mass is 19.4. The molecule has 0 N–H and O–H groups in total. The summed E-state index contributed by atoms with van der Waals surface area (Å²) < 4.78 is 239. The van der Waals surface area contributed by atoms with Crippen molar-refractivity contribution in [2.75, 3.05) is 13.2 Å². The Morgan fingerprint density at radius 2 is 0.929 bits per heavy atom. The first kappa shape index (κ1) is 37.8. The molecule has 0 bridgehead atoms. The van der Waals surface area contributed by atoms with Gasteiger partial charge < -0.3 is 9.47 Å². The Kier molecular flexibility index (Phi) is 9.92. The second-order valence-corrected chi connectivity index (χ2v) is 9.52. The van der Waals surface area contributed by atoms with Crippen LogP contribution < -0.4 is 0 Å². The van der Waals surface area contributed by atoms with E-state index in [1.807, 2.05) is 0 Å². The van der Waals surface area contributed by atoms with E-state index < -0.39 is 109 Å². The van der Waals surface area contributed by atoms with Crippen LogP contribution >= 0.6 is 0 Å². The van der Waals surface area contributed by atoms with Crippen molar-refractivity contribution in [3.8, 4) is 0 Å². The van der Waals surface area contributed by atoms with E-state index in [1.165, 1.54) is 13.8 Å². The first-order valence-electron chi connectivity index (χ1n) is 11.5. The van der Waals surface area contributed by atoms with Crippen LogP contribution in [0.25, 0.3) is 0 Å². The Labute approximate surface area is 224 Å². The summed E-state index contributed by atoms with van der Waals surface area (Å²) in [6.07, 6.45) is -12.6. The van der Waals surface area contributed by atoms with Gasteiger partial charge in [-0.25, -0.2) is 0 Å². The van der Waals surface area contributed by atoms with E-state index in [0.29, 0.717) is 0 Å². The maximum Gasteiger partial charge on any atom is 0.460 e. The lowest BCUT2D eigenvalue weighted by atomic mass is 9.82. The molecule has 0 aromatic heterocycles. The van der Waals surface area contributed by atoms with Gasteiger partial charge >= 0.3 is 59.6 Å². The molecule has 0 unspecified atom stereocenters. The van der Waals surface area contributed by atoms with Crippen molar-refractivity contribution in [2.45, 2.75) is 87.7 Å². The quantitative estimate of drug-likeness (QED) is 0.123. The number of hydrogen-bond acceptors (Lipinski definition) is 4. The molecule has 4 nitrogen and oxygen atoms in total. The highest BCUT2D eigenvalue weighted by Crippen LogP contribution is 2.65. The zero-order chi connectivity index (χ0) is 33.8. The summed E-state index contributed by atoms with van der Waals surface area (Å²) in [5.74, 6) is -63.7. The van der Waals surface area contributed by atoms with E-state index in [0.717, 1.165) is 6.92 Å². The molecule has 2 atom stereocenters. The molecule has 0 spiro atoms. The van der Waals surface area contributed by atoms with Crippen LogP contribution in [-0.2, 0) is 19.1 Å². The van der Waals surface area contributed by atoms with Crippen LogP contribution in [-0.4, -0.2) is 72.8 Å². The number of carbonyl (C=O) groups excluding carboxylic acids is 2. The van der Waals surface area contributed by atoms with Crippen LogP contribution in [0.1, 0.15) is 40.0 Å². The largest absolute Gasteiger partial charge is 0.465 e. The van der Waals surface area contributed by atoms with Crippen molar-refractivity contribution < 1.29 is 93.7 Å². The summed E-state index contributed by atoms with van der Waals surface area (Å²) in [6.45, 7) is 2.39. The molecule has 0 radical (unpaired) electrons. The van der Waals surface area contributed by atoms with Crippen LogP contribution in [0.2, 0.25) is 0 Å². The highest BCUT2D eigenvalue weighted by molar-refractivity contribution is 6.00. The Morgan fingerprint density at radius 1 is 0.595 bits per heavy atom. The SMILES string of the molecule is CCOC(=O)C1(C(=O)OCC)C[C@@H](CC(F)(F)C(F)(F)C(F)(F)C(F)(F)C(F)(F)C(F)(F)C(F)(F)C(F)(F)F)[C@@H](C)C1. The fourth-order valence-corrected chi connectivity index (χ4v) is 4.33. The maximum absolute atomic E-state index is 14.6. The summed E-state index contributed by atoms with van der Waals surface area (Å²) >= 11 is 0. The van der Waals surface area contributed by atoms with Gasteiger partial charge in [-0.2, -0.15) is 74.6 Å². The van der Waals surface area contributed by atoms with E-state index >= 15 is 0 Å². The van der Waals surface area contributed by atoms with Gasteiger partial charge in [0.05, 0.1) is 13.2 Å². The summed E-state index contributed by atoms with van der Waals surface area (Å²) in [7, 11) is 0.